The standard InChI is InChI=1S/C8H9N3O3/c1-9-8(14)11-5-2-3-10-6(4-5)7(12)13/h2-4H,1H3,(H,12,13)(H2,9,10,11,14). The number of carbonyl (C=O) groups is 2. The largest absolute Gasteiger partial charge is 0.477 e. The van der Waals surface area contributed by atoms with Gasteiger partial charge in [-0.05, 0) is 12.1 Å². The van der Waals surface area contributed by atoms with Crippen LogP contribution in [0.3, 0.4) is 0 Å². The number of carbonyl (C=O) groups excluding carboxylic acids is 1. The molecule has 0 saturated carbocycles. The van der Waals surface area contributed by atoms with Crippen molar-refractivity contribution in [2.45, 2.75) is 0 Å². The van der Waals surface area contributed by atoms with Crippen LogP contribution in [0.2, 0.25) is 0 Å². The van der Waals surface area contributed by atoms with Crippen LogP contribution in [0.4, 0.5) is 10.5 Å². The third-order valence-corrected chi connectivity index (χ3v) is 1.46. The summed E-state index contributed by atoms with van der Waals surface area (Å²) in [5.41, 5.74) is 0.274. The van der Waals surface area contributed by atoms with E-state index < -0.39 is 12.0 Å². The minimum absolute atomic E-state index is 0.112. The molecule has 2 amide bonds. The van der Waals surface area contributed by atoms with Crippen molar-refractivity contribution in [2.24, 2.45) is 0 Å². The number of urea groups is 1. The van der Waals surface area contributed by atoms with E-state index in [2.05, 4.69) is 15.6 Å². The lowest BCUT2D eigenvalue weighted by Gasteiger charge is -2.03. The quantitative estimate of drug-likeness (QED) is 0.641. The van der Waals surface area contributed by atoms with Crippen LogP contribution in [0.25, 0.3) is 0 Å². The number of carboxylic acid groups (broad SMARTS) is 1. The lowest BCUT2D eigenvalue weighted by Crippen LogP contribution is -2.24. The van der Waals surface area contributed by atoms with E-state index in [1.165, 1.54) is 25.4 Å². The third-order valence-electron chi connectivity index (χ3n) is 1.46. The maximum Gasteiger partial charge on any atom is 0.354 e. The molecule has 74 valence electrons. The van der Waals surface area contributed by atoms with Gasteiger partial charge in [-0.25, -0.2) is 14.6 Å². The molecule has 0 unspecified atom stereocenters. The van der Waals surface area contributed by atoms with E-state index in [9.17, 15) is 9.59 Å². The predicted octanol–water partition coefficient (Wildman–Crippen LogP) is 0.531. The van der Waals surface area contributed by atoms with Gasteiger partial charge in [0.2, 0.25) is 0 Å². The molecule has 0 atom stereocenters. The average Bonchev–Trinajstić information content (AvgIpc) is 2.18. The third kappa shape index (κ3) is 2.44. The molecule has 1 aromatic rings. The topological polar surface area (TPSA) is 91.3 Å². The van der Waals surface area contributed by atoms with E-state index in [-0.39, 0.29) is 5.69 Å². The van der Waals surface area contributed by atoms with E-state index in [1.807, 2.05) is 0 Å². The van der Waals surface area contributed by atoms with Crippen molar-refractivity contribution in [3.8, 4) is 0 Å². The van der Waals surface area contributed by atoms with Crippen molar-refractivity contribution in [1.29, 1.82) is 0 Å². The molecule has 0 radical (unpaired) electrons. The fraction of sp³-hybridized carbons (Fsp3) is 0.125. The highest BCUT2D eigenvalue weighted by Gasteiger charge is 2.05. The summed E-state index contributed by atoms with van der Waals surface area (Å²) in [6.45, 7) is 0. The second kappa shape index (κ2) is 4.22. The Hall–Kier alpha value is -2.11. The summed E-state index contributed by atoms with van der Waals surface area (Å²) >= 11 is 0. The first-order valence-electron chi connectivity index (χ1n) is 3.81. The molecule has 0 aliphatic rings. The molecule has 1 rings (SSSR count). The van der Waals surface area contributed by atoms with Crippen LogP contribution in [0.1, 0.15) is 10.5 Å². The van der Waals surface area contributed by atoms with E-state index in [0.717, 1.165) is 0 Å². The molecular weight excluding hydrogens is 186 g/mol. The Kier molecular flexibility index (Phi) is 3.01. The second-order valence-corrected chi connectivity index (χ2v) is 2.44. The Bertz CT molecular complexity index is 365. The van der Waals surface area contributed by atoms with Crippen molar-refractivity contribution < 1.29 is 14.7 Å². The summed E-state index contributed by atoms with van der Waals surface area (Å²) in [4.78, 5) is 25.0. The molecule has 14 heavy (non-hydrogen) atoms. The number of anilines is 1. The fourth-order valence-corrected chi connectivity index (χ4v) is 0.819. The number of aromatic carboxylic acids is 1. The minimum Gasteiger partial charge on any atom is -0.477 e. The number of hydrogen-bond acceptors (Lipinski definition) is 3. The van der Waals surface area contributed by atoms with Gasteiger partial charge in [-0.2, -0.15) is 0 Å². The van der Waals surface area contributed by atoms with Crippen LogP contribution >= 0.6 is 0 Å². The van der Waals surface area contributed by atoms with Crippen molar-refractivity contribution in [2.75, 3.05) is 12.4 Å². The lowest BCUT2D eigenvalue weighted by molar-refractivity contribution is 0.0690. The van der Waals surface area contributed by atoms with Crippen LogP contribution in [0, 0.1) is 0 Å². The smallest absolute Gasteiger partial charge is 0.354 e. The lowest BCUT2D eigenvalue weighted by atomic mass is 10.3. The zero-order chi connectivity index (χ0) is 10.6. The van der Waals surface area contributed by atoms with Gasteiger partial charge >= 0.3 is 12.0 Å². The van der Waals surface area contributed by atoms with Gasteiger partial charge in [0, 0.05) is 18.9 Å². The Morgan fingerprint density at radius 3 is 2.79 bits per heavy atom. The maximum absolute atomic E-state index is 10.9. The van der Waals surface area contributed by atoms with E-state index >= 15 is 0 Å². The first-order chi connectivity index (χ1) is 6.63. The van der Waals surface area contributed by atoms with Gasteiger partial charge in [0.25, 0.3) is 0 Å². The molecule has 0 spiro atoms. The SMILES string of the molecule is CNC(=O)Nc1ccnc(C(=O)O)c1. The van der Waals surface area contributed by atoms with Gasteiger partial charge in [-0.15, -0.1) is 0 Å². The van der Waals surface area contributed by atoms with Crippen LogP contribution < -0.4 is 10.6 Å². The molecule has 0 bridgehead atoms. The van der Waals surface area contributed by atoms with Gasteiger partial charge in [0.1, 0.15) is 5.69 Å². The van der Waals surface area contributed by atoms with E-state index in [1.54, 1.807) is 0 Å². The van der Waals surface area contributed by atoms with Gasteiger partial charge in [0.15, 0.2) is 0 Å². The monoisotopic (exact) mass is 195 g/mol. The number of rotatable bonds is 2. The van der Waals surface area contributed by atoms with Gasteiger partial charge in [-0.1, -0.05) is 0 Å². The molecule has 0 aromatic carbocycles. The van der Waals surface area contributed by atoms with Crippen molar-refractivity contribution in [3.63, 3.8) is 0 Å². The number of pyridine rings is 1. The maximum atomic E-state index is 10.9. The Morgan fingerprint density at radius 2 is 2.21 bits per heavy atom. The Labute approximate surface area is 80.0 Å². The number of hydrogen-bond donors (Lipinski definition) is 3. The van der Waals surface area contributed by atoms with Crippen molar-refractivity contribution >= 4 is 17.7 Å². The molecule has 3 N–H and O–H groups in total. The molecule has 0 aliphatic heterocycles. The van der Waals surface area contributed by atoms with Gasteiger partial charge < -0.3 is 15.7 Å². The zero-order valence-corrected chi connectivity index (χ0v) is 7.44. The molecule has 6 nitrogen and oxygen atoms in total. The minimum atomic E-state index is -1.13. The van der Waals surface area contributed by atoms with E-state index in [4.69, 9.17) is 5.11 Å². The molecule has 0 fully saturated rings. The average molecular weight is 195 g/mol. The normalized spacial score (nSPS) is 9.21. The zero-order valence-electron chi connectivity index (χ0n) is 7.44. The second-order valence-electron chi connectivity index (χ2n) is 2.44. The van der Waals surface area contributed by atoms with Gasteiger partial charge in [0.05, 0.1) is 0 Å². The predicted molar refractivity (Wildman–Crippen MR) is 49.3 cm³/mol. The fourth-order valence-electron chi connectivity index (χ4n) is 0.819. The van der Waals surface area contributed by atoms with Crippen LogP contribution in [0.15, 0.2) is 18.3 Å². The first-order valence-corrected chi connectivity index (χ1v) is 3.81. The Balaban J connectivity index is 2.83. The summed E-state index contributed by atoms with van der Waals surface area (Å²) in [5, 5.41) is 13.4. The van der Waals surface area contributed by atoms with Gasteiger partial charge in [-0.3, -0.25) is 0 Å². The molecule has 6 heteroatoms. The summed E-state index contributed by atoms with van der Waals surface area (Å²) < 4.78 is 0. The first kappa shape index (κ1) is 9.97. The Morgan fingerprint density at radius 1 is 1.50 bits per heavy atom. The highest BCUT2D eigenvalue weighted by molar-refractivity contribution is 5.91. The molecular formula is C8H9N3O3. The van der Waals surface area contributed by atoms with Crippen molar-refractivity contribution in [3.05, 3.63) is 24.0 Å². The van der Waals surface area contributed by atoms with Crippen molar-refractivity contribution in [1.82, 2.24) is 10.3 Å². The van der Waals surface area contributed by atoms with Crippen LogP contribution in [0.5, 0.6) is 0 Å². The molecule has 1 aromatic heterocycles. The number of aromatic nitrogens is 1. The van der Waals surface area contributed by atoms with Crippen LogP contribution in [-0.2, 0) is 0 Å². The molecule has 1 heterocycles. The summed E-state index contributed by atoms with van der Waals surface area (Å²) in [6, 6.07) is 2.37. The summed E-state index contributed by atoms with van der Waals surface area (Å²) in [7, 11) is 1.47. The highest BCUT2D eigenvalue weighted by atomic mass is 16.4. The number of nitrogens with zero attached hydrogens (tertiary/aromatic N) is 1. The number of amides is 2. The summed E-state index contributed by atoms with van der Waals surface area (Å²) in [5.74, 6) is -1.13. The number of nitrogens with one attached hydrogen (secondary N) is 2. The molecule has 0 aliphatic carbocycles. The number of carboxylic acids is 1. The molecule has 0 saturated heterocycles. The van der Waals surface area contributed by atoms with E-state index in [0.29, 0.717) is 5.69 Å². The highest BCUT2D eigenvalue weighted by Crippen LogP contribution is 2.07. The van der Waals surface area contributed by atoms with Crippen LogP contribution in [-0.4, -0.2) is 29.1 Å². The summed E-state index contributed by atoms with van der Waals surface area (Å²) in [6.07, 6.45) is 1.31.